The Morgan fingerprint density at radius 3 is 2.86 bits per heavy atom. The van der Waals surface area contributed by atoms with Gasteiger partial charge in [0.1, 0.15) is 6.23 Å². The third kappa shape index (κ3) is 4.18. The first-order valence-corrected chi connectivity index (χ1v) is 10.3. The molecule has 1 aromatic carbocycles. The second-order valence-electron chi connectivity index (χ2n) is 7.88. The van der Waals surface area contributed by atoms with Crippen molar-refractivity contribution in [1.82, 2.24) is 20.2 Å². The molecule has 1 fully saturated rings. The molecule has 2 heterocycles. The van der Waals surface area contributed by atoms with Gasteiger partial charge in [-0.05, 0) is 49.9 Å². The number of carbonyl (C=O) groups excluding carboxylic acids is 1. The molecule has 6 nitrogen and oxygen atoms in total. The average Bonchev–Trinajstić information content (AvgIpc) is 3.41. The first-order chi connectivity index (χ1) is 14.0. The minimum atomic E-state index is -0.466. The number of hydrogen-bond donors (Lipinski definition) is 3. The zero-order valence-corrected chi connectivity index (χ0v) is 16.9. The van der Waals surface area contributed by atoms with E-state index in [1.165, 1.54) is 0 Å². The molecule has 0 bridgehead atoms. The van der Waals surface area contributed by atoms with Crippen LogP contribution in [0.2, 0.25) is 0 Å². The number of aromatic amines is 1. The predicted octanol–water partition coefficient (Wildman–Crippen LogP) is 3.54. The van der Waals surface area contributed by atoms with E-state index in [1.54, 1.807) is 0 Å². The van der Waals surface area contributed by atoms with Gasteiger partial charge in [0.2, 0.25) is 0 Å². The van der Waals surface area contributed by atoms with Crippen LogP contribution < -0.4 is 5.32 Å². The van der Waals surface area contributed by atoms with Gasteiger partial charge in [0.25, 0.3) is 5.91 Å². The molecule has 3 aromatic rings. The Bertz CT molecular complexity index is 982. The Hall–Kier alpha value is -2.70. The number of carbonyl (C=O) groups is 1. The summed E-state index contributed by atoms with van der Waals surface area (Å²) in [5.74, 6) is 0.0345. The summed E-state index contributed by atoms with van der Waals surface area (Å²) < 4.78 is 0. The van der Waals surface area contributed by atoms with E-state index in [0.29, 0.717) is 12.0 Å². The highest BCUT2D eigenvalue weighted by atomic mass is 16.3. The molecule has 1 saturated carbocycles. The smallest absolute Gasteiger partial charge is 0.253 e. The van der Waals surface area contributed by atoms with Crippen LogP contribution in [-0.2, 0) is 0 Å². The van der Waals surface area contributed by atoms with Gasteiger partial charge in [0.15, 0.2) is 0 Å². The number of rotatable bonds is 6. The van der Waals surface area contributed by atoms with Gasteiger partial charge in [-0.2, -0.15) is 0 Å². The van der Waals surface area contributed by atoms with E-state index in [-0.39, 0.29) is 18.0 Å². The van der Waals surface area contributed by atoms with Gasteiger partial charge in [0.05, 0.1) is 17.4 Å². The number of benzene rings is 1. The van der Waals surface area contributed by atoms with E-state index < -0.39 is 6.23 Å². The number of nitrogens with zero attached hydrogens (tertiary/aromatic N) is 2. The van der Waals surface area contributed by atoms with Gasteiger partial charge in [-0.1, -0.05) is 19.1 Å². The van der Waals surface area contributed by atoms with Crippen molar-refractivity contribution in [1.29, 1.82) is 0 Å². The molecular weight excluding hydrogens is 364 g/mol. The van der Waals surface area contributed by atoms with Crippen LogP contribution in [0, 0.1) is 0 Å². The normalized spacial score (nSPS) is 20.1. The predicted molar refractivity (Wildman–Crippen MR) is 114 cm³/mol. The van der Waals surface area contributed by atoms with Crippen molar-refractivity contribution in [3.8, 4) is 11.3 Å². The van der Waals surface area contributed by atoms with Gasteiger partial charge in [-0.3, -0.25) is 15.1 Å². The summed E-state index contributed by atoms with van der Waals surface area (Å²) in [6, 6.07) is 12.2. The topological polar surface area (TPSA) is 81.2 Å². The lowest BCUT2D eigenvalue weighted by Crippen LogP contribution is -2.39. The fourth-order valence-electron chi connectivity index (χ4n) is 4.11. The SMILES string of the molecule is CCC(O)N[C@H]1CC[C@@H](N(C)C(=O)c2ccc(-c3cc4cc[nH]c4cn3)cc2)C1. The summed E-state index contributed by atoms with van der Waals surface area (Å²) >= 11 is 0. The second-order valence-corrected chi connectivity index (χ2v) is 7.88. The van der Waals surface area contributed by atoms with Crippen LogP contribution in [-0.4, -0.2) is 51.2 Å². The molecular formula is C23H28N4O2. The standard InChI is InChI=1S/C23H28N4O2/c1-3-22(28)26-18-8-9-19(13-18)27(2)23(29)16-6-4-15(5-7-16)20-12-17-10-11-24-21(17)14-25-20/h4-7,10-12,14,18-19,22,24,26,28H,3,8-9,13H2,1-2H3/t18-,19+,22?/m0/s1. The Morgan fingerprint density at radius 2 is 2.10 bits per heavy atom. The summed E-state index contributed by atoms with van der Waals surface area (Å²) in [6.45, 7) is 1.95. The highest BCUT2D eigenvalue weighted by Crippen LogP contribution is 2.26. The van der Waals surface area contributed by atoms with Crippen LogP contribution in [0.5, 0.6) is 0 Å². The largest absolute Gasteiger partial charge is 0.379 e. The third-order valence-corrected chi connectivity index (χ3v) is 5.95. The van der Waals surface area contributed by atoms with Gasteiger partial charge < -0.3 is 15.0 Å². The van der Waals surface area contributed by atoms with Gasteiger partial charge in [-0.15, -0.1) is 0 Å². The molecule has 29 heavy (non-hydrogen) atoms. The van der Waals surface area contributed by atoms with Gasteiger partial charge in [-0.25, -0.2) is 0 Å². The highest BCUT2D eigenvalue weighted by Gasteiger charge is 2.30. The molecule has 0 spiro atoms. The van der Waals surface area contributed by atoms with Crippen molar-refractivity contribution >= 4 is 16.8 Å². The third-order valence-electron chi connectivity index (χ3n) is 5.95. The van der Waals surface area contributed by atoms with Gasteiger partial charge >= 0.3 is 0 Å². The highest BCUT2D eigenvalue weighted by molar-refractivity contribution is 5.95. The molecule has 0 aliphatic heterocycles. The van der Waals surface area contributed by atoms with Crippen molar-refractivity contribution in [2.45, 2.75) is 50.9 Å². The summed E-state index contributed by atoms with van der Waals surface area (Å²) in [7, 11) is 1.88. The van der Waals surface area contributed by atoms with E-state index in [1.807, 2.05) is 67.7 Å². The quantitative estimate of drug-likeness (QED) is 0.561. The Kier molecular flexibility index (Phi) is 5.65. The number of aliphatic hydroxyl groups excluding tert-OH is 1. The Balaban J connectivity index is 1.42. The van der Waals surface area contributed by atoms with Crippen molar-refractivity contribution < 1.29 is 9.90 Å². The number of amides is 1. The average molecular weight is 393 g/mol. The summed E-state index contributed by atoms with van der Waals surface area (Å²) in [5, 5.41) is 14.2. The summed E-state index contributed by atoms with van der Waals surface area (Å²) in [6.07, 6.45) is 6.76. The van der Waals surface area contributed by atoms with E-state index in [4.69, 9.17) is 0 Å². The van der Waals surface area contributed by atoms with Crippen LogP contribution in [0.25, 0.3) is 22.2 Å². The number of aliphatic hydroxyl groups is 1. The van der Waals surface area contributed by atoms with Crippen LogP contribution in [0.1, 0.15) is 43.0 Å². The van der Waals surface area contributed by atoms with Crippen molar-refractivity contribution in [2.75, 3.05) is 7.05 Å². The molecule has 0 saturated heterocycles. The zero-order valence-electron chi connectivity index (χ0n) is 16.9. The van der Waals surface area contributed by atoms with Gasteiger partial charge in [0, 0.05) is 41.8 Å². The van der Waals surface area contributed by atoms with Crippen molar-refractivity contribution in [2.24, 2.45) is 0 Å². The molecule has 3 N–H and O–H groups in total. The van der Waals surface area contributed by atoms with Crippen molar-refractivity contribution in [3.63, 3.8) is 0 Å². The Morgan fingerprint density at radius 1 is 1.31 bits per heavy atom. The summed E-state index contributed by atoms with van der Waals surface area (Å²) in [4.78, 5) is 22.4. The fourth-order valence-corrected chi connectivity index (χ4v) is 4.11. The maximum atomic E-state index is 12.9. The van der Waals surface area contributed by atoms with Crippen LogP contribution in [0.3, 0.4) is 0 Å². The molecule has 1 amide bonds. The molecule has 6 heteroatoms. The number of pyridine rings is 1. The van der Waals surface area contributed by atoms with E-state index in [2.05, 4.69) is 15.3 Å². The monoisotopic (exact) mass is 392 g/mol. The maximum absolute atomic E-state index is 12.9. The molecule has 2 aromatic heterocycles. The van der Waals surface area contributed by atoms with Crippen LogP contribution in [0.15, 0.2) is 48.8 Å². The zero-order chi connectivity index (χ0) is 20.4. The van der Waals surface area contributed by atoms with E-state index in [9.17, 15) is 9.90 Å². The maximum Gasteiger partial charge on any atom is 0.253 e. The number of aromatic nitrogens is 2. The lowest BCUT2D eigenvalue weighted by Gasteiger charge is -2.25. The molecule has 1 aliphatic rings. The molecule has 152 valence electrons. The first-order valence-electron chi connectivity index (χ1n) is 10.3. The van der Waals surface area contributed by atoms with Crippen molar-refractivity contribution in [3.05, 3.63) is 54.4 Å². The summed E-state index contributed by atoms with van der Waals surface area (Å²) in [5.41, 5.74) is 3.58. The lowest BCUT2D eigenvalue weighted by atomic mass is 10.1. The molecule has 3 atom stereocenters. The lowest BCUT2D eigenvalue weighted by molar-refractivity contribution is 0.0729. The van der Waals surface area contributed by atoms with Crippen LogP contribution >= 0.6 is 0 Å². The Labute approximate surface area is 171 Å². The number of hydrogen-bond acceptors (Lipinski definition) is 4. The minimum Gasteiger partial charge on any atom is -0.379 e. The van der Waals surface area contributed by atoms with Crippen LogP contribution in [0.4, 0.5) is 0 Å². The first kappa shape index (κ1) is 19.6. The minimum absolute atomic E-state index is 0.0345. The fraction of sp³-hybridized carbons (Fsp3) is 0.391. The van der Waals surface area contributed by atoms with E-state index >= 15 is 0 Å². The number of nitrogens with one attached hydrogen (secondary N) is 2. The molecule has 0 radical (unpaired) electrons. The van der Waals surface area contributed by atoms with E-state index in [0.717, 1.165) is 41.4 Å². The molecule has 4 rings (SSSR count). The number of fused-ring (bicyclic) bond motifs is 1. The second kappa shape index (κ2) is 8.35. The molecule has 1 aliphatic carbocycles. The number of H-pyrrole nitrogens is 1. The molecule has 1 unspecified atom stereocenters.